The smallest absolute Gasteiger partial charge is 0.223 e. The minimum Gasteiger partial charge on any atom is -0.497 e. The van der Waals surface area contributed by atoms with E-state index in [-0.39, 0.29) is 29.2 Å². The van der Waals surface area contributed by atoms with Crippen molar-refractivity contribution < 1.29 is 19.4 Å². The lowest BCUT2D eigenvalue weighted by atomic mass is 9.66. The molecule has 1 saturated carbocycles. The van der Waals surface area contributed by atoms with Gasteiger partial charge in [-0.1, -0.05) is 12.1 Å². The summed E-state index contributed by atoms with van der Waals surface area (Å²) in [6, 6.07) is 7.39. The van der Waals surface area contributed by atoms with Crippen molar-refractivity contribution in [2.45, 2.75) is 56.2 Å². The third-order valence-electron chi connectivity index (χ3n) is 6.18. The molecule has 24 heavy (non-hydrogen) atoms. The number of piperidine rings is 1. The van der Waals surface area contributed by atoms with Gasteiger partial charge in [0.25, 0.3) is 0 Å². The zero-order chi connectivity index (χ0) is 16.9. The van der Waals surface area contributed by atoms with Crippen molar-refractivity contribution in [3.63, 3.8) is 0 Å². The van der Waals surface area contributed by atoms with E-state index in [1.165, 1.54) is 0 Å². The van der Waals surface area contributed by atoms with Gasteiger partial charge in [0.15, 0.2) is 0 Å². The molecular formula is C19H23NO4. The van der Waals surface area contributed by atoms with Gasteiger partial charge in [0.1, 0.15) is 11.5 Å². The van der Waals surface area contributed by atoms with Gasteiger partial charge in [-0.3, -0.25) is 9.59 Å². The molecule has 5 nitrogen and oxygen atoms in total. The maximum Gasteiger partial charge on any atom is 0.223 e. The maximum atomic E-state index is 12.5. The fourth-order valence-corrected chi connectivity index (χ4v) is 4.94. The Hall–Kier alpha value is -1.88. The van der Waals surface area contributed by atoms with Crippen LogP contribution < -0.4 is 4.74 Å². The van der Waals surface area contributed by atoms with Gasteiger partial charge >= 0.3 is 0 Å². The molecule has 1 aliphatic carbocycles. The van der Waals surface area contributed by atoms with Crippen LogP contribution >= 0.6 is 0 Å². The molecule has 2 heterocycles. The molecule has 2 saturated heterocycles. The van der Waals surface area contributed by atoms with Gasteiger partial charge in [-0.15, -0.1) is 0 Å². The standard InChI is InChI=1S/C19H23NO4/c1-24-13-4-2-12(3-5-13)10-15-18(23)14-11-19(8-6-16(14)21)9-7-17(22)20(15)19/h2-5,14-15,18,23H,6-11H2,1H3. The summed E-state index contributed by atoms with van der Waals surface area (Å²) in [4.78, 5) is 26.8. The van der Waals surface area contributed by atoms with Crippen LogP contribution in [-0.2, 0) is 16.0 Å². The molecule has 128 valence electrons. The minimum absolute atomic E-state index is 0.125. The fourth-order valence-electron chi connectivity index (χ4n) is 4.94. The summed E-state index contributed by atoms with van der Waals surface area (Å²) in [6.45, 7) is 0. The molecule has 1 spiro atoms. The topological polar surface area (TPSA) is 66.8 Å². The number of rotatable bonds is 3. The Morgan fingerprint density at radius 1 is 1.21 bits per heavy atom. The number of hydrogen-bond donors (Lipinski definition) is 1. The molecule has 3 aliphatic rings. The minimum atomic E-state index is -0.768. The highest BCUT2D eigenvalue weighted by Crippen LogP contribution is 2.50. The molecule has 1 aromatic carbocycles. The van der Waals surface area contributed by atoms with Gasteiger partial charge in [0.2, 0.25) is 5.91 Å². The van der Waals surface area contributed by atoms with Crippen molar-refractivity contribution in [1.29, 1.82) is 0 Å². The van der Waals surface area contributed by atoms with Crippen molar-refractivity contribution in [2.24, 2.45) is 5.92 Å². The highest BCUT2D eigenvalue weighted by molar-refractivity contribution is 5.86. The Bertz CT molecular complexity index is 670. The number of fused-ring (bicyclic) bond motifs is 1. The predicted octanol–water partition coefficient (Wildman–Crippen LogP) is 1.71. The predicted molar refractivity (Wildman–Crippen MR) is 87.7 cm³/mol. The molecule has 4 unspecified atom stereocenters. The molecule has 1 amide bonds. The van der Waals surface area contributed by atoms with E-state index in [4.69, 9.17) is 4.74 Å². The maximum absolute atomic E-state index is 12.5. The number of amides is 1. The van der Waals surface area contributed by atoms with Crippen LogP contribution in [0.5, 0.6) is 5.75 Å². The van der Waals surface area contributed by atoms with E-state index < -0.39 is 6.10 Å². The monoisotopic (exact) mass is 329 g/mol. The molecular weight excluding hydrogens is 306 g/mol. The molecule has 5 heteroatoms. The Morgan fingerprint density at radius 2 is 1.92 bits per heavy atom. The van der Waals surface area contributed by atoms with Crippen LogP contribution in [-0.4, -0.2) is 46.5 Å². The number of aliphatic hydroxyl groups excluding tert-OH is 1. The van der Waals surface area contributed by atoms with Crippen LogP contribution in [0.4, 0.5) is 0 Å². The molecule has 0 aromatic heterocycles. The van der Waals surface area contributed by atoms with Gasteiger partial charge < -0.3 is 14.7 Å². The number of benzene rings is 1. The number of methoxy groups -OCH3 is 1. The summed E-state index contributed by atoms with van der Waals surface area (Å²) in [7, 11) is 1.62. The Balaban J connectivity index is 1.66. The molecule has 3 fully saturated rings. The lowest BCUT2D eigenvalue weighted by Gasteiger charge is -2.54. The number of hydrogen-bond acceptors (Lipinski definition) is 4. The van der Waals surface area contributed by atoms with Gasteiger partial charge in [-0.05, 0) is 43.4 Å². The normalized spacial score (nSPS) is 35.1. The van der Waals surface area contributed by atoms with E-state index in [1.54, 1.807) is 7.11 Å². The van der Waals surface area contributed by atoms with E-state index in [9.17, 15) is 14.7 Å². The van der Waals surface area contributed by atoms with Gasteiger partial charge in [-0.25, -0.2) is 0 Å². The summed E-state index contributed by atoms with van der Waals surface area (Å²) in [5.41, 5.74) is 0.841. The van der Waals surface area contributed by atoms with E-state index in [0.29, 0.717) is 25.7 Å². The average molecular weight is 329 g/mol. The summed E-state index contributed by atoms with van der Waals surface area (Å²) in [6.07, 6.45) is 3.03. The number of carbonyl (C=O) groups is 2. The number of carbonyl (C=O) groups excluding carboxylic acids is 2. The van der Waals surface area contributed by atoms with E-state index >= 15 is 0 Å². The number of aliphatic hydroxyl groups is 1. The first-order chi connectivity index (χ1) is 11.5. The third-order valence-corrected chi connectivity index (χ3v) is 6.18. The van der Waals surface area contributed by atoms with Crippen molar-refractivity contribution >= 4 is 11.7 Å². The van der Waals surface area contributed by atoms with Crippen molar-refractivity contribution in [1.82, 2.24) is 4.90 Å². The second-order valence-corrected chi connectivity index (χ2v) is 7.38. The number of ether oxygens (including phenoxy) is 1. The molecule has 2 bridgehead atoms. The quantitative estimate of drug-likeness (QED) is 0.917. The van der Waals surface area contributed by atoms with Crippen LogP contribution in [0.2, 0.25) is 0 Å². The fraction of sp³-hybridized carbons (Fsp3) is 0.579. The zero-order valence-electron chi connectivity index (χ0n) is 13.9. The van der Waals surface area contributed by atoms with Gasteiger partial charge in [-0.2, -0.15) is 0 Å². The second-order valence-electron chi connectivity index (χ2n) is 7.38. The summed E-state index contributed by atoms with van der Waals surface area (Å²) in [5.74, 6) is 0.750. The molecule has 4 atom stereocenters. The largest absolute Gasteiger partial charge is 0.497 e. The average Bonchev–Trinajstić information content (AvgIpc) is 2.92. The Kier molecular flexibility index (Phi) is 3.64. The second kappa shape index (κ2) is 5.59. The van der Waals surface area contributed by atoms with E-state index in [2.05, 4.69) is 0 Å². The lowest BCUT2D eigenvalue weighted by Crippen LogP contribution is -2.66. The van der Waals surface area contributed by atoms with Crippen LogP contribution in [0, 0.1) is 5.92 Å². The number of Topliss-reactive ketones (excluding diaryl/α,β-unsaturated/α-hetero) is 1. The molecule has 2 aliphatic heterocycles. The SMILES string of the molecule is COc1ccc(CC2C(O)C3CC4(CCC3=O)CCC(=O)N24)cc1. The first-order valence-corrected chi connectivity index (χ1v) is 8.70. The third kappa shape index (κ3) is 2.25. The van der Waals surface area contributed by atoms with Crippen LogP contribution in [0.1, 0.15) is 37.7 Å². The van der Waals surface area contributed by atoms with Gasteiger partial charge in [0, 0.05) is 24.3 Å². The van der Waals surface area contributed by atoms with Crippen LogP contribution in [0.25, 0.3) is 0 Å². The zero-order valence-corrected chi connectivity index (χ0v) is 13.9. The van der Waals surface area contributed by atoms with Crippen LogP contribution in [0.3, 0.4) is 0 Å². The van der Waals surface area contributed by atoms with Crippen molar-refractivity contribution in [2.75, 3.05) is 7.11 Å². The van der Waals surface area contributed by atoms with Crippen molar-refractivity contribution in [3.05, 3.63) is 29.8 Å². The molecule has 4 rings (SSSR count). The molecule has 1 N–H and O–H groups in total. The summed E-state index contributed by atoms with van der Waals surface area (Å²) < 4.78 is 5.18. The highest BCUT2D eigenvalue weighted by atomic mass is 16.5. The molecule has 0 radical (unpaired) electrons. The first kappa shape index (κ1) is 15.6. The lowest BCUT2D eigenvalue weighted by molar-refractivity contribution is -0.162. The Labute approximate surface area is 141 Å². The Morgan fingerprint density at radius 3 is 2.62 bits per heavy atom. The van der Waals surface area contributed by atoms with Gasteiger partial charge in [0.05, 0.1) is 19.3 Å². The summed E-state index contributed by atoms with van der Waals surface area (Å²) >= 11 is 0. The van der Waals surface area contributed by atoms with E-state index in [0.717, 1.165) is 24.2 Å². The number of ketones is 1. The molecule has 1 aromatic rings. The van der Waals surface area contributed by atoms with Crippen LogP contribution in [0.15, 0.2) is 24.3 Å². The highest BCUT2D eigenvalue weighted by Gasteiger charge is 2.59. The first-order valence-electron chi connectivity index (χ1n) is 8.70. The number of nitrogens with zero attached hydrogens (tertiary/aromatic N) is 1. The van der Waals surface area contributed by atoms with E-state index in [1.807, 2.05) is 29.2 Å². The summed E-state index contributed by atoms with van der Waals surface area (Å²) in [5, 5.41) is 10.8. The van der Waals surface area contributed by atoms with Crippen molar-refractivity contribution in [3.8, 4) is 5.75 Å².